The van der Waals surface area contributed by atoms with E-state index >= 15 is 0 Å². The molecule has 32 heavy (non-hydrogen) atoms. The molecule has 1 aliphatic carbocycles. The van der Waals surface area contributed by atoms with E-state index in [1.165, 1.54) is 37.7 Å². The number of hydrogen-bond acceptors (Lipinski definition) is 3. The van der Waals surface area contributed by atoms with Crippen molar-refractivity contribution in [3.8, 4) is 0 Å². The summed E-state index contributed by atoms with van der Waals surface area (Å²) in [6.45, 7) is 9.82. The van der Waals surface area contributed by atoms with Gasteiger partial charge in [0.25, 0.3) is 0 Å². The van der Waals surface area contributed by atoms with Gasteiger partial charge in [-0.25, -0.2) is 4.79 Å². The molecule has 0 fully saturated rings. The Bertz CT molecular complexity index is 913. The number of hydrogen-bond donors (Lipinski definition) is 1. The van der Waals surface area contributed by atoms with Crippen molar-refractivity contribution >= 4 is 11.8 Å². The quantitative estimate of drug-likeness (QED) is 0.231. The van der Waals surface area contributed by atoms with Crippen LogP contribution in [0.1, 0.15) is 82.6 Å². The fourth-order valence-corrected chi connectivity index (χ4v) is 4.50. The normalized spacial score (nSPS) is 18.4. The second-order valence-electron chi connectivity index (χ2n) is 9.28. The molecular weight excluding hydrogens is 400 g/mol. The van der Waals surface area contributed by atoms with Crippen LogP contribution >= 0.6 is 0 Å². The lowest BCUT2D eigenvalue weighted by Crippen LogP contribution is -2.33. The maximum absolute atomic E-state index is 12.8. The van der Waals surface area contributed by atoms with E-state index in [9.17, 15) is 14.7 Å². The van der Waals surface area contributed by atoms with Gasteiger partial charge >= 0.3 is 5.97 Å². The first-order chi connectivity index (χ1) is 15.1. The number of aryl methyl sites for hydroxylation is 1. The topological polar surface area (TPSA) is 63.6 Å². The first-order valence-electron chi connectivity index (χ1n) is 11.7. The Kier molecular flexibility index (Phi) is 9.06. The summed E-state index contributed by atoms with van der Waals surface area (Å²) >= 11 is 0. The van der Waals surface area contributed by atoms with Gasteiger partial charge in [-0.2, -0.15) is 0 Å². The Morgan fingerprint density at radius 1 is 1.06 bits per heavy atom. The van der Waals surface area contributed by atoms with Gasteiger partial charge in [0.05, 0.1) is 12.7 Å². The Hall–Kier alpha value is -2.62. The number of aliphatic carboxylic acids is 1. The molecule has 0 bridgehead atoms. The fraction of sp³-hybridized carbons (Fsp3) is 0.500. The summed E-state index contributed by atoms with van der Waals surface area (Å²) in [6, 6.07) is 7.88. The van der Waals surface area contributed by atoms with Gasteiger partial charge in [0.1, 0.15) is 5.76 Å². The third-order valence-corrected chi connectivity index (χ3v) is 6.83. The molecule has 2 rings (SSSR count). The molecule has 1 atom stereocenters. The summed E-state index contributed by atoms with van der Waals surface area (Å²) in [7, 11) is 1.55. The summed E-state index contributed by atoms with van der Waals surface area (Å²) in [5, 5.41) is 9.67. The molecular formula is C28H38O4. The lowest BCUT2D eigenvalue weighted by molar-refractivity contribution is -0.132. The minimum absolute atomic E-state index is 0.0610. The van der Waals surface area contributed by atoms with Crippen molar-refractivity contribution in [1.82, 2.24) is 0 Å². The van der Waals surface area contributed by atoms with Crippen molar-refractivity contribution in [2.75, 3.05) is 7.11 Å². The van der Waals surface area contributed by atoms with E-state index in [1.807, 2.05) is 51.1 Å². The minimum atomic E-state index is -0.952. The highest BCUT2D eigenvalue weighted by atomic mass is 16.5. The standard InChI is InChI=1S/C28H38O4/c1-7-8-9-10-11-12-21-13-15-22(16-14-21)24(29)18-17-23-26(32-6)19(2)25(27(30)31)20(3)28(23,4)5/h13-18,23H,7-12H2,1-6H3,(H,30,31). The molecule has 1 aromatic carbocycles. The van der Waals surface area contributed by atoms with Crippen molar-refractivity contribution < 1.29 is 19.4 Å². The van der Waals surface area contributed by atoms with Crippen molar-refractivity contribution in [2.24, 2.45) is 11.3 Å². The fourth-order valence-electron chi connectivity index (χ4n) is 4.50. The van der Waals surface area contributed by atoms with E-state index in [-0.39, 0.29) is 11.7 Å². The van der Waals surface area contributed by atoms with Crippen molar-refractivity contribution in [3.05, 3.63) is 70.0 Å². The number of carboxylic acid groups (broad SMARTS) is 1. The summed E-state index contributed by atoms with van der Waals surface area (Å²) in [5.74, 6) is -0.636. The van der Waals surface area contributed by atoms with E-state index in [2.05, 4.69) is 6.92 Å². The third kappa shape index (κ3) is 5.79. The average molecular weight is 439 g/mol. The van der Waals surface area contributed by atoms with E-state index in [1.54, 1.807) is 20.1 Å². The first kappa shape index (κ1) is 25.6. The smallest absolute Gasteiger partial charge is 0.336 e. The first-order valence-corrected chi connectivity index (χ1v) is 11.7. The number of benzene rings is 1. The van der Waals surface area contributed by atoms with Crippen LogP contribution in [0.15, 0.2) is 58.9 Å². The largest absolute Gasteiger partial charge is 0.500 e. The molecule has 0 aliphatic heterocycles. The maximum atomic E-state index is 12.8. The monoisotopic (exact) mass is 438 g/mol. The molecule has 1 aliphatic rings. The molecule has 1 aromatic rings. The Morgan fingerprint density at radius 2 is 1.69 bits per heavy atom. The lowest BCUT2D eigenvalue weighted by Gasteiger charge is -2.40. The average Bonchev–Trinajstić information content (AvgIpc) is 2.75. The van der Waals surface area contributed by atoms with Gasteiger partial charge in [-0.15, -0.1) is 0 Å². The van der Waals surface area contributed by atoms with Crippen molar-refractivity contribution in [3.63, 3.8) is 0 Å². The minimum Gasteiger partial charge on any atom is -0.500 e. The zero-order valence-electron chi connectivity index (χ0n) is 20.5. The van der Waals surface area contributed by atoms with E-state index < -0.39 is 11.4 Å². The van der Waals surface area contributed by atoms with Crippen molar-refractivity contribution in [2.45, 2.75) is 73.1 Å². The molecule has 0 spiro atoms. The van der Waals surface area contributed by atoms with Crippen LogP contribution in [0.2, 0.25) is 0 Å². The number of carbonyl (C=O) groups excluding carboxylic acids is 1. The van der Waals surface area contributed by atoms with Gasteiger partial charge in [0.2, 0.25) is 0 Å². The van der Waals surface area contributed by atoms with Crippen molar-refractivity contribution in [1.29, 1.82) is 0 Å². The van der Waals surface area contributed by atoms with E-state index in [0.717, 1.165) is 12.0 Å². The zero-order valence-corrected chi connectivity index (χ0v) is 20.5. The number of carboxylic acids is 1. The van der Waals surface area contributed by atoms with Crippen LogP contribution in [0.5, 0.6) is 0 Å². The van der Waals surface area contributed by atoms with Gasteiger partial charge in [-0.1, -0.05) is 82.4 Å². The number of methoxy groups -OCH3 is 1. The number of ether oxygens (including phenoxy) is 1. The number of allylic oxidation sites excluding steroid dienone is 3. The Morgan fingerprint density at radius 3 is 2.25 bits per heavy atom. The molecule has 174 valence electrons. The molecule has 4 nitrogen and oxygen atoms in total. The predicted octanol–water partition coefficient (Wildman–Crippen LogP) is 6.92. The summed E-state index contributed by atoms with van der Waals surface area (Å²) in [4.78, 5) is 24.6. The molecule has 1 unspecified atom stereocenters. The van der Waals surface area contributed by atoms with Crippen LogP contribution in [0.25, 0.3) is 0 Å². The second kappa shape index (κ2) is 11.3. The number of carbonyl (C=O) groups is 2. The number of ketones is 1. The molecule has 0 aromatic heterocycles. The molecule has 4 heteroatoms. The van der Waals surface area contributed by atoms with Crippen LogP contribution in [-0.4, -0.2) is 24.0 Å². The number of rotatable bonds is 11. The van der Waals surface area contributed by atoms with Crippen LogP contribution in [0, 0.1) is 11.3 Å². The lowest BCUT2D eigenvalue weighted by atomic mass is 9.66. The van der Waals surface area contributed by atoms with Gasteiger partial charge in [-0.3, -0.25) is 4.79 Å². The highest BCUT2D eigenvalue weighted by molar-refractivity contribution is 6.04. The van der Waals surface area contributed by atoms with Gasteiger partial charge in [0, 0.05) is 17.1 Å². The zero-order chi connectivity index (χ0) is 23.9. The second-order valence-corrected chi connectivity index (χ2v) is 9.28. The third-order valence-electron chi connectivity index (χ3n) is 6.83. The molecule has 0 saturated carbocycles. The summed E-state index contributed by atoms with van der Waals surface area (Å²) < 4.78 is 5.62. The SMILES string of the molecule is CCCCCCCc1ccc(C(=O)C=CC2C(OC)=C(C)C(C(=O)O)=C(C)C2(C)C)cc1. The Labute approximate surface area is 193 Å². The van der Waals surface area contributed by atoms with Crippen LogP contribution < -0.4 is 0 Å². The number of unbranched alkanes of at least 4 members (excludes halogenated alkanes) is 4. The van der Waals surface area contributed by atoms with Gasteiger partial charge in [0.15, 0.2) is 5.78 Å². The molecule has 0 heterocycles. The van der Waals surface area contributed by atoms with E-state index in [0.29, 0.717) is 22.5 Å². The molecule has 1 N–H and O–H groups in total. The maximum Gasteiger partial charge on any atom is 0.336 e. The van der Waals surface area contributed by atoms with E-state index in [4.69, 9.17) is 4.74 Å². The highest BCUT2D eigenvalue weighted by Gasteiger charge is 2.41. The molecule has 0 radical (unpaired) electrons. The van der Waals surface area contributed by atoms with Gasteiger partial charge < -0.3 is 9.84 Å². The molecule has 0 saturated heterocycles. The highest BCUT2D eigenvalue weighted by Crippen LogP contribution is 2.48. The molecule has 0 amide bonds. The van der Waals surface area contributed by atoms with Crippen LogP contribution in [0.3, 0.4) is 0 Å². The Balaban J connectivity index is 2.15. The predicted molar refractivity (Wildman–Crippen MR) is 130 cm³/mol. The van der Waals surface area contributed by atoms with Crippen LogP contribution in [0.4, 0.5) is 0 Å². The van der Waals surface area contributed by atoms with Crippen LogP contribution in [-0.2, 0) is 16.0 Å². The van der Waals surface area contributed by atoms with Gasteiger partial charge in [-0.05, 0) is 43.7 Å². The summed E-state index contributed by atoms with van der Waals surface area (Å²) in [6.07, 6.45) is 10.8. The summed E-state index contributed by atoms with van der Waals surface area (Å²) in [5.41, 5.74) is 3.13.